The number of aromatic nitrogens is 2. The first kappa shape index (κ1) is 27.9. The van der Waals surface area contributed by atoms with Crippen LogP contribution in [0.1, 0.15) is 63.8 Å². The highest BCUT2D eigenvalue weighted by Gasteiger charge is 2.33. The fourth-order valence-corrected chi connectivity index (χ4v) is 7.39. The molecule has 0 amide bonds. The molecule has 0 N–H and O–H groups in total. The third-order valence-electron chi connectivity index (χ3n) is 8.97. The maximum Gasteiger partial charge on any atom is 0.416 e. The number of aryl methyl sites for hydroxylation is 2. The molecule has 0 spiro atoms. The summed E-state index contributed by atoms with van der Waals surface area (Å²) in [5, 5.41) is 7.52. The van der Waals surface area contributed by atoms with Crippen molar-refractivity contribution in [1.29, 1.82) is 0 Å². The Morgan fingerprint density at radius 1 is 0.698 bits per heavy atom. The molecule has 43 heavy (non-hydrogen) atoms. The highest BCUT2D eigenvalue weighted by molar-refractivity contribution is 6.29. The van der Waals surface area contributed by atoms with Crippen LogP contribution in [-0.2, 0) is 26.1 Å². The Balaban J connectivity index is 1.82. The van der Waals surface area contributed by atoms with Crippen LogP contribution in [0, 0.1) is 17.8 Å². The van der Waals surface area contributed by atoms with Crippen LogP contribution in [0.4, 0.5) is 13.2 Å². The maximum absolute atomic E-state index is 14.1. The Kier molecular flexibility index (Phi) is 5.75. The highest BCUT2D eigenvalue weighted by Crippen LogP contribution is 2.46. The van der Waals surface area contributed by atoms with E-state index in [4.69, 9.17) is 0 Å². The molecular weight excluding hydrogens is 541 g/mol. The lowest BCUT2D eigenvalue weighted by atomic mass is 9.81. The van der Waals surface area contributed by atoms with Gasteiger partial charge in [-0.15, -0.1) is 0 Å². The molecule has 0 atom stereocenters. The van der Waals surface area contributed by atoms with Gasteiger partial charge in [0.05, 0.1) is 32.9 Å². The molecular formula is C38H38F3N2+. The average Bonchev–Trinajstić information content (AvgIpc) is 3.23. The quantitative estimate of drug-likeness (QED) is 0.109. The molecule has 7 rings (SSSR count). The molecule has 0 fully saturated rings. The summed E-state index contributed by atoms with van der Waals surface area (Å²) in [4.78, 5) is 0. The second-order valence-electron chi connectivity index (χ2n) is 14.9. The summed E-state index contributed by atoms with van der Waals surface area (Å²) in [5.74, 6) is 0. The second kappa shape index (κ2) is 8.84. The molecule has 0 saturated carbocycles. The first-order valence-corrected chi connectivity index (χ1v) is 15.1. The van der Waals surface area contributed by atoms with E-state index in [1.54, 1.807) is 6.07 Å². The maximum atomic E-state index is 14.1. The molecule has 3 heterocycles. The van der Waals surface area contributed by atoms with Crippen molar-refractivity contribution < 1.29 is 17.7 Å². The summed E-state index contributed by atoms with van der Waals surface area (Å²) in [6, 6.07) is 17.4. The van der Waals surface area contributed by atoms with Gasteiger partial charge in [-0.05, 0) is 75.6 Å². The molecule has 0 aliphatic rings. The number of halogens is 3. The molecule has 4 aromatic carbocycles. The Hall–Kier alpha value is -3.86. The smallest absolute Gasteiger partial charge is 0.307 e. The Morgan fingerprint density at radius 2 is 1.37 bits per heavy atom. The van der Waals surface area contributed by atoms with Crippen LogP contribution < -0.4 is 4.57 Å². The Morgan fingerprint density at radius 3 is 2.05 bits per heavy atom. The molecule has 3 aromatic heterocycles. The Labute approximate surface area is 250 Å². The van der Waals surface area contributed by atoms with Gasteiger partial charge in [0, 0.05) is 16.8 Å². The summed E-state index contributed by atoms with van der Waals surface area (Å²) in [6.07, 6.45) is -0.578. The van der Waals surface area contributed by atoms with E-state index in [2.05, 4.69) is 107 Å². The second-order valence-corrected chi connectivity index (χ2v) is 14.9. The first-order chi connectivity index (χ1) is 20.0. The Bertz CT molecular complexity index is 2250. The minimum atomic E-state index is -4.43. The molecule has 220 valence electrons. The van der Waals surface area contributed by atoms with Crippen molar-refractivity contribution in [3.8, 4) is 0 Å². The largest absolute Gasteiger partial charge is 0.416 e. The fourth-order valence-electron chi connectivity index (χ4n) is 7.39. The summed E-state index contributed by atoms with van der Waals surface area (Å²) in [7, 11) is 2.08. The molecule has 0 radical (unpaired) electrons. The normalized spacial score (nSPS) is 13.7. The molecule has 0 unspecified atom stereocenters. The van der Waals surface area contributed by atoms with Crippen LogP contribution >= 0.6 is 0 Å². The fraction of sp³-hybridized carbons (Fsp3) is 0.342. The summed E-state index contributed by atoms with van der Waals surface area (Å²) >= 11 is 0. The molecule has 0 aliphatic carbocycles. The zero-order valence-electron chi connectivity index (χ0n) is 26.2. The number of rotatable bonds is 2. The van der Waals surface area contributed by atoms with Crippen molar-refractivity contribution in [3.05, 3.63) is 83.0 Å². The van der Waals surface area contributed by atoms with Gasteiger partial charge in [0.25, 0.3) is 0 Å². The lowest BCUT2D eigenvalue weighted by Crippen LogP contribution is -2.29. The number of fused-ring (bicyclic) bond motifs is 7. The van der Waals surface area contributed by atoms with Crippen molar-refractivity contribution in [2.45, 2.75) is 67.5 Å². The van der Waals surface area contributed by atoms with Gasteiger partial charge >= 0.3 is 6.18 Å². The van der Waals surface area contributed by atoms with Gasteiger partial charge in [-0.3, -0.25) is 0 Å². The van der Waals surface area contributed by atoms with E-state index in [0.29, 0.717) is 5.52 Å². The van der Waals surface area contributed by atoms with Crippen LogP contribution in [0.2, 0.25) is 0 Å². The predicted octanol–water partition coefficient (Wildman–Crippen LogP) is 10.5. The number of hydrogen-bond acceptors (Lipinski definition) is 0. The zero-order chi connectivity index (χ0) is 30.8. The first-order valence-electron chi connectivity index (χ1n) is 15.1. The van der Waals surface area contributed by atoms with Gasteiger partial charge in [-0.1, -0.05) is 77.9 Å². The lowest BCUT2D eigenvalue weighted by Gasteiger charge is -2.25. The molecule has 0 aliphatic heterocycles. The molecule has 0 saturated heterocycles. The molecule has 0 bridgehead atoms. The van der Waals surface area contributed by atoms with E-state index in [1.807, 2.05) is 0 Å². The molecule has 2 nitrogen and oxygen atoms in total. The third-order valence-corrected chi connectivity index (χ3v) is 8.97. The van der Waals surface area contributed by atoms with Gasteiger partial charge in [0.1, 0.15) is 7.05 Å². The summed E-state index contributed by atoms with van der Waals surface area (Å²) in [5.41, 5.74) is 6.86. The number of alkyl halides is 3. The predicted molar refractivity (Wildman–Crippen MR) is 173 cm³/mol. The van der Waals surface area contributed by atoms with Gasteiger partial charge in [0.2, 0.25) is 5.52 Å². The third kappa shape index (κ3) is 4.26. The molecule has 5 heteroatoms. The highest BCUT2D eigenvalue weighted by atomic mass is 19.4. The van der Waals surface area contributed by atoms with E-state index >= 15 is 0 Å². The standard InChI is InChI=1S/C38H38F3N2/c1-21-28-17-22(19-36(2,3)4)9-12-25(28)29(20-37(5,6)7)34-31(21)35-32-23(15-16-42(35)8)10-13-27-26-14-11-24(38(39,40)41)18-30(26)43(34)33(27)32/h9-18H,19-20H2,1-8H3/q+1. The van der Waals surface area contributed by atoms with Crippen LogP contribution in [0.3, 0.4) is 0 Å². The van der Waals surface area contributed by atoms with E-state index in [-0.39, 0.29) is 10.8 Å². The van der Waals surface area contributed by atoms with Crippen LogP contribution in [0.5, 0.6) is 0 Å². The van der Waals surface area contributed by atoms with E-state index in [9.17, 15) is 13.2 Å². The van der Waals surface area contributed by atoms with E-state index < -0.39 is 11.7 Å². The number of benzene rings is 4. The van der Waals surface area contributed by atoms with E-state index in [0.717, 1.165) is 61.9 Å². The van der Waals surface area contributed by atoms with Gasteiger partial charge in [-0.25, -0.2) is 4.57 Å². The van der Waals surface area contributed by atoms with Crippen LogP contribution in [0.15, 0.2) is 60.8 Å². The van der Waals surface area contributed by atoms with Gasteiger partial charge in [0.15, 0.2) is 6.20 Å². The minimum absolute atomic E-state index is 0.0512. The average molecular weight is 580 g/mol. The van der Waals surface area contributed by atoms with Crippen molar-refractivity contribution in [1.82, 2.24) is 4.40 Å². The van der Waals surface area contributed by atoms with E-state index in [1.165, 1.54) is 34.0 Å². The SMILES string of the molecule is Cc1c2cc(CC(C)(C)C)ccc2c(CC(C)(C)C)c2c1c1c3c(ccc4c5ccc(C(F)(F)F)cc5n2c43)cc[n+]1C. The number of hydrogen-bond donors (Lipinski definition) is 0. The minimum Gasteiger partial charge on any atom is -0.307 e. The molecule has 7 aromatic rings. The topological polar surface area (TPSA) is 8.29 Å². The van der Waals surface area contributed by atoms with Crippen LogP contribution in [0.25, 0.3) is 59.8 Å². The zero-order valence-corrected chi connectivity index (χ0v) is 26.2. The summed E-state index contributed by atoms with van der Waals surface area (Å²) in [6.45, 7) is 15.7. The summed E-state index contributed by atoms with van der Waals surface area (Å²) < 4.78 is 46.8. The van der Waals surface area contributed by atoms with Crippen molar-refractivity contribution in [2.75, 3.05) is 0 Å². The monoisotopic (exact) mass is 579 g/mol. The van der Waals surface area contributed by atoms with Crippen molar-refractivity contribution in [3.63, 3.8) is 0 Å². The van der Waals surface area contributed by atoms with Crippen molar-refractivity contribution >= 4 is 59.8 Å². The van der Waals surface area contributed by atoms with Gasteiger partial charge < -0.3 is 4.40 Å². The van der Waals surface area contributed by atoms with Gasteiger partial charge in [-0.2, -0.15) is 13.2 Å². The van der Waals surface area contributed by atoms with Crippen LogP contribution in [-0.4, -0.2) is 4.40 Å². The number of pyridine rings is 2. The lowest BCUT2D eigenvalue weighted by molar-refractivity contribution is -0.643. The number of nitrogens with zero attached hydrogens (tertiary/aromatic N) is 2. The van der Waals surface area contributed by atoms with Crippen molar-refractivity contribution in [2.24, 2.45) is 17.9 Å².